The number of pyridine rings is 1. The summed E-state index contributed by atoms with van der Waals surface area (Å²) in [6, 6.07) is 9.23. The average molecular weight is 435 g/mol. The van der Waals surface area contributed by atoms with Crippen LogP contribution in [0, 0.1) is 6.92 Å². The fraction of sp³-hybridized carbons (Fsp3) is 0.435. The largest absolute Gasteiger partial charge is 0.503 e. The molecule has 0 fully saturated rings. The lowest BCUT2D eigenvalue weighted by atomic mass is 10.2. The van der Waals surface area contributed by atoms with Crippen LogP contribution in [0.3, 0.4) is 0 Å². The Morgan fingerprint density at radius 1 is 1.13 bits per heavy atom. The van der Waals surface area contributed by atoms with Gasteiger partial charge >= 0.3 is 5.97 Å². The quantitative estimate of drug-likeness (QED) is 0.631. The second-order valence-electron chi connectivity index (χ2n) is 6.56. The Morgan fingerprint density at radius 3 is 2.19 bits per heavy atom. The summed E-state index contributed by atoms with van der Waals surface area (Å²) in [6.45, 7) is 10.2. The average Bonchev–Trinajstić information content (AvgIpc) is 2.74. The van der Waals surface area contributed by atoms with Gasteiger partial charge in [0.2, 0.25) is 0 Å². The highest BCUT2D eigenvalue weighted by molar-refractivity contribution is 5.94. The van der Waals surface area contributed by atoms with Crippen molar-refractivity contribution in [3.05, 3.63) is 47.8 Å². The zero-order valence-corrected chi connectivity index (χ0v) is 19.2. The molecule has 1 heterocycles. The van der Waals surface area contributed by atoms with Crippen LogP contribution in [0.1, 0.15) is 56.6 Å². The van der Waals surface area contributed by atoms with Gasteiger partial charge in [-0.3, -0.25) is 9.59 Å². The fourth-order valence-electron chi connectivity index (χ4n) is 1.98. The van der Waals surface area contributed by atoms with Gasteiger partial charge < -0.3 is 25.1 Å². The van der Waals surface area contributed by atoms with Crippen molar-refractivity contribution in [2.45, 2.75) is 53.6 Å². The lowest BCUT2D eigenvalue weighted by Gasteiger charge is -2.14. The summed E-state index contributed by atoms with van der Waals surface area (Å²) >= 11 is 0. The van der Waals surface area contributed by atoms with E-state index in [-0.39, 0.29) is 29.3 Å². The molecule has 8 heteroatoms. The summed E-state index contributed by atoms with van der Waals surface area (Å²) in [5, 5.41) is 9.27. The van der Waals surface area contributed by atoms with E-state index in [9.17, 15) is 14.7 Å². The Bertz CT molecular complexity index is 793. The number of carbonyl (C=O) groups is 2. The SMILES string of the molecule is CCC.CCC(=O)OCC(C)Oc1ccc(C)cc1.COc1ccnc(C(N)=O)c1O. The van der Waals surface area contributed by atoms with E-state index in [1.807, 2.05) is 38.1 Å². The number of hydrogen-bond donors (Lipinski definition) is 2. The molecule has 3 N–H and O–H groups in total. The van der Waals surface area contributed by atoms with Crippen LogP contribution in [0.15, 0.2) is 36.5 Å². The van der Waals surface area contributed by atoms with E-state index in [1.54, 1.807) is 6.92 Å². The monoisotopic (exact) mass is 434 g/mol. The summed E-state index contributed by atoms with van der Waals surface area (Å²) in [4.78, 5) is 25.2. The molecule has 0 aliphatic heterocycles. The first-order valence-electron chi connectivity index (χ1n) is 10.1. The molecule has 1 atom stereocenters. The van der Waals surface area contributed by atoms with Crippen LogP contribution >= 0.6 is 0 Å². The van der Waals surface area contributed by atoms with Crippen molar-refractivity contribution in [1.29, 1.82) is 0 Å². The molecule has 0 aliphatic rings. The summed E-state index contributed by atoms with van der Waals surface area (Å²) < 4.78 is 15.3. The molecule has 1 aromatic heterocycles. The highest BCUT2D eigenvalue weighted by Gasteiger charge is 2.12. The summed E-state index contributed by atoms with van der Waals surface area (Å²) in [5.74, 6) is -0.331. The van der Waals surface area contributed by atoms with E-state index in [4.69, 9.17) is 19.9 Å². The molecular weight excluding hydrogens is 400 g/mol. The Hall–Kier alpha value is -3.29. The molecule has 0 saturated carbocycles. The number of aromatic hydroxyl groups is 1. The first-order chi connectivity index (χ1) is 14.7. The Morgan fingerprint density at radius 2 is 1.71 bits per heavy atom. The number of hydrogen-bond acceptors (Lipinski definition) is 7. The van der Waals surface area contributed by atoms with Gasteiger partial charge in [-0.05, 0) is 26.0 Å². The van der Waals surface area contributed by atoms with E-state index >= 15 is 0 Å². The number of esters is 1. The predicted octanol–water partition coefficient (Wildman–Crippen LogP) is 4.03. The van der Waals surface area contributed by atoms with Crippen molar-refractivity contribution in [2.75, 3.05) is 13.7 Å². The molecule has 1 amide bonds. The van der Waals surface area contributed by atoms with Gasteiger partial charge in [0, 0.05) is 18.7 Å². The minimum Gasteiger partial charge on any atom is -0.503 e. The summed E-state index contributed by atoms with van der Waals surface area (Å²) in [6.07, 6.45) is 2.86. The molecule has 0 spiro atoms. The number of ether oxygens (including phenoxy) is 3. The molecule has 0 radical (unpaired) electrons. The topological polar surface area (TPSA) is 121 Å². The van der Waals surface area contributed by atoms with E-state index < -0.39 is 5.91 Å². The van der Waals surface area contributed by atoms with Gasteiger partial charge in [0.05, 0.1) is 7.11 Å². The van der Waals surface area contributed by atoms with E-state index in [2.05, 4.69) is 18.8 Å². The van der Waals surface area contributed by atoms with Crippen LogP contribution in [0.25, 0.3) is 0 Å². The van der Waals surface area contributed by atoms with Crippen molar-refractivity contribution in [3.8, 4) is 17.2 Å². The third-order valence-electron chi connectivity index (χ3n) is 3.47. The predicted molar refractivity (Wildman–Crippen MR) is 119 cm³/mol. The molecule has 0 aliphatic carbocycles. The standard InChI is InChI=1S/C13H18O3.C7H8N2O3.C3H8/c1-4-13(14)15-9-11(3)16-12-7-5-10(2)6-8-12;1-12-4-2-3-9-5(6(4)10)7(8)11;1-3-2/h5-8,11H,4,9H2,1-3H3;2-3,10H,1H3,(H2,8,11);3H2,1-2H3. The normalized spacial score (nSPS) is 10.4. The maximum atomic E-state index is 10.9. The number of aromatic nitrogens is 1. The van der Waals surface area contributed by atoms with E-state index in [0.29, 0.717) is 13.0 Å². The number of aryl methyl sites for hydroxylation is 1. The van der Waals surface area contributed by atoms with Gasteiger partial charge in [-0.1, -0.05) is 44.9 Å². The molecule has 2 aromatic rings. The molecular formula is C23H34N2O6. The van der Waals surface area contributed by atoms with Gasteiger partial charge in [0.25, 0.3) is 5.91 Å². The Kier molecular flexibility index (Phi) is 13.9. The van der Waals surface area contributed by atoms with E-state index in [1.165, 1.54) is 31.4 Å². The highest BCUT2D eigenvalue weighted by atomic mass is 16.6. The van der Waals surface area contributed by atoms with Gasteiger partial charge in [-0.25, -0.2) is 4.98 Å². The molecule has 8 nitrogen and oxygen atoms in total. The third kappa shape index (κ3) is 11.5. The van der Waals surface area contributed by atoms with Crippen molar-refractivity contribution in [2.24, 2.45) is 5.73 Å². The number of amides is 1. The molecule has 1 unspecified atom stereocenters. The fourth-order valence-corrected chi connectivity index (χ4v) is 1.98. The highest BCUT2D eigenvalue weighted by Crippen LogP contribution is 2.26. The van der Waals surface area contributed by atoms with Crippen molar-refractivity contribution in [1.82, 2.24) is 4.98 Å². The lowest BCUT2D eigenvalue weighted by molar-refractivity contribution is -0.145. The van der Waals surface area contributed by atoms with E-state index in [0.717, 1.165) is 5.75 Å². The Labute approximate surface area is 184 Å². The molecule has 0 bridgehead atoms. The second kappa shape index (κ2) is 15.5. The molecule has 172 valence electrons. The van der Waals surface area contributed by atoms with Gasteiger partial charge in [0.15, 0.2) is 17.2 Å². The molecule has 2 rings (SSSR count). The smallest absolute Gasteiger partial charge is 0.305 e. The number of nitrogens with zero attached hydrogens (tertiary/aromatic N) is 1. The number of methoxy groups -OCH3 is 1. The van der Waals surface area contributed by atoms with Gasteiger partial charge in [-0.2, -0.15) is 0 Å². The Balaban J connectivity index is 0.000000531. The number of carbonyl (C=O) groups excluding carboxylic acids is 2. The molecule has 31 heavy (non-hydrogen) atoms. The number of benzene rings is 1. The van der Waals surface area contributed by atoms with Crippen molar-refractivity contribution >= 4 is 11.9 Å². The maximum absolute atomic E-state index is 10.9. The summed E-state index contributed by atoms with van der Waals surface area (Å²) in [7, 11) is 1.37. The van der Waals surface area contributed by atoms with Crippen molar-refractivity contribution < 1.29 is 28.9 Å². The first-order valence-corrected chi connectivity index (χ1v) is 10.1. The number of nitrogens with two attached hydrogens (primary N) is 1. The number of primary amides is 1. The van der Waals surface area contributed by atoms with Crippen LogP contribution in [0.4, 0.5) is 0 Å². The minimum absolute atomic E-state index is 0.127. The zero-order valence-electron chi connectivity index (χ0n) is 19.2. The van der Waals surface area contributed by atoms with Crippen LogP contribution in [-0.4, -0.2) is 41.8 Å². The first kappa shape index (κ1) is 27.7. The molecule has 1 aromatic carbocycles. The third-order valence-corrected chi connectivity index (χ3v) is 3.47. The number of rotatable bonds is 7. The van der Waals surface area contributed by atoms with Crippen LogP contribution in [0.2, 0.25) is 0 Å². The van der Waals surface area contributed by atoms with Gasteiger partial charge in [-0.15, -0.1) is 0 Å². The summed E-state index contributed by atoms with van der Waals surface area (Å²) in [5.41, 5.74) is 5.93. The molecule has 0 saturated heterocycles. The van der Waals surface area contributed by atoms with Gasteiger partial charge in [0.1, 0.15) is 18.5 Å². The zero-order chi connectivity index (χ0) is 23.8. The van der Waals surface area contributed by atoms with Crippen LogP contribution in [-0.2, 0) is 9.53 Å². The minimum atomic E-state index is -0.786. The van der Waals surface area contributed by atoms with Crippen LogP contribution < -0.4 is 15.2 Å². The van der Waals surface area contributed by atoms with Crippen molar-refractivity contribution in [3.63, 3.8) is 0 Å². The lowest BCUT2D eigenvalue weighted by Crippen LogP contribution is -2.21. The second-order valence-corrected chi connectivity index (χ2v) is 6.56. The maximum Gasteiger partial charge on any atom is 0.305 e. The van der Waals surface area contributed by atoms with Crippen LogP contribution in [0.5, 0.6) is 17.2 Å².